The molecule has 2 N–H and O–H groups in total. The van der Waals surface area contributed by atoms with Crippen molar-refractivity contribution < 1.29 is 13.2 Å². The molecular formula is C17H25N3O3S. The predicted octanol–water partition coefficient (Wildman–Crippen LogP) is 1.34. The standard InChI is InChI=1S/C17H25N3O3S/c21-17(19-15-7-5-9-18-13-15)14-6-4-8-16(12-14)24(22,23)20-10-2-1-3-11-20/h4,6,8,12,15,18H,1-3,5,7,9-11,13H2,(H,19,21). The first-order chi connectivity index (χ1) is 11.6. The molecule has 1 aromatic rings. The lowest BCUT2D eigenvalue weighted by molar-refractivity contribution is 0.0930. The zero-order valence-corrected chi connectivity index (χ0v) is 14.6. The quantitative estimate of drug-likeness (QED) is 0.858. The van der Waals surface area contributed by atoms with E-state index in [1.54, 1.807) is 18.2 Å². The van der Waals surface area contributed by atoms with Gasteiger partial charge in [0.2, 0.25) is 10.0 Å². The van der Waals surface area contributed by atoms with Gasteiger partial charge in [0.15, 0.2) is 0 Å². The number of carbonyl (C=O) groups excluding carboxylic acids is 1. The van der Waals surface area contributed by atoms with Crippen molar-refractivity contribution in [1.29, 1.82) is 0 Å². The van der Waals surface area contributed by atoms with Crippen LogP contribution in [-0.2, 0) is 10.0 Å². The molecule has 2 aliphatic rings. The average Bonchev–Trinajstić information content (AvgIpc) is 2.63. The normalized spacial score (nSPS) is 22.9. The monoisotopic (exact) mass is 351 g/mol. The van der Waals surface area contributed by atoms with E-state index in [2.05, 4.69) is 10.6 Å². The summed E-state index contributed by atoms with van der Waals surface area (Å²) < 4.78 is 27.0. The topological polar surface area (TPSA) is 78.5 Å². The van der Waals surface area contributed by atoms with Crippen molar-refractivity contribution >= 4 is 15.9 Å². The Morgan fingerprint density at radius 3 is 2.67 bits per heavy atom. The minimum Gasteiger partial charge on any atom is -0.348 e. The van der Waals surface area contributed by atoms with Crippen LogP contribution in [0.1, 0.15) is 42.5 Å². The first-order valence-corrected chi connectivity index (χ1v) is 10.1. The molecule has 3 rings (SSSR count). The van der Waals surface area contributed by atoms with E-state index in [-0.39, 0.29) is 16.8 Å². The number of amides is 1. The minimum atomic E-state index is -3.51. The van der Waals surface area contributed by atoms with Gasteiger partial charge in [-0.25, -0.2) is 8.42 Å². The summed E-state index contributed by atoms with van der Waals surface area (Å²) in [7, 11) is -3.51. The van der Waals surface area contributed by atoms with E-state index in [0.717, 1.165) is 45.2 Å². The molecule has 0 aliphatic carbocycles. The van der Waals surface area contributed by atoms with Crippen molar-refractivity contribution in [2.24, 2.45) is 0 Å². The van der Waals surface area contributed by atoms with Crippen LogP contribution in [0.2, 0.25) is 0 Å². The molecule has 1 unspecified atom stereocenters. The lowest BCUT2D eigenvalue weighted by Crippen LogP contribution is -2.45. The molecule has 0 bridgehead atoms. The second-order valence-electron chi connectivity index (χ2n) is 6.51. The number of piperidine rings is 2. The summed E-state index contributed by atoms with van der Waals surface area (Å²) in [5.74, 6) is -0.209. The van der Waals surface area contributed by atoms with E-state index < -0.39 is 10.0 Å². The fourth-order valence-corrected chi connectivity index (χ4v) is 4.86. The number of hydrogen-bond acceptors (Lipinski definition) is 4. The molecule has 0 saturated carbocycles. The molecule has 0 radical (unpaired) electrons. The third-order valence-electron chi connectivity index (χ3n) is 4.68. The van der Waals surface area contributed by atoms with Gasteiger partial charge in [-0.3, -0.25) is 4.79 Å². The molecule has 0 aromatic heterocycles. The molecule has 2 fully saturated rings. The van der Waals surface area contributed by atoms with Crippen LogP contribution in [0.5, 0.6) is 0 Å². The number of sulfonamides is 1. The van der Waals surface area contributed by atoms with E-state index in [4.69, 9.17) is 0 Å². The van der Waals surface area contributed by atoms with Gasteiger partial charge < -0.3 is 10.6 Å². The van der Waals surface area contributed by atoms with Gasteiger partial charge in [-0.2, -0.15) is 4.31 Å². The Morgan fingerprint density at radius 2 is 1.96 bits per heavy atom. The summed E-state index contributed by atoms with van der Waals surface area (Å²) in [6.07, 6.45) is 4.85. The SMILES string of the molecule is O=C(NC1CCCNC1)c1cccc(S(=O)(=O)N2CCCCC2)c1. The van der Waals surface area contributed by atoms with Crippen LogP contribution in [-0.4, -0.2) is 50.9 Å². The van der Waals surface area contributed by atoms with Gasteiger partial charge in [0.1, 0.15) is 0 Å². The number of nitrogens with one attached hydrogen (secondary N) is 2. The highest BCUT2D eigenvalue weighted by Gasteiger charge is 2.26. The van der Waals surface area contributed by atoms with Gasteiger partial charge in [0.05, 0.1) is 4.90 Å². The lowest BCUT2D eigenvalue weighted by Gasteiger charge is -2.26. The third-order valence-corrected chi connectivity index (χ3v) is 6.58. The number of nitrogens with zero attached hydrogens (tertiary/aromatic N) is 1. The molecule has 2 aliphatic heterocycles. The van der Waals surface area contributed by atoms with Gasteiger partial charge in [0.25, 0.3) is 5.91 Å². The number of benzene rings is 1. The van der Waals surface area contributed by atoms with Crippen LogP contribution in [0.4, 0.5) is 0 Å². The Bertz CT molecular complexity index is 678. The summed E-state index contributed by atoms with van der Waals surface area (Å²) in [6, 6.07) is 6.48. The van der Waals surface area contributed by atoms with Gasteiger partial charge in [-0.1, -0.05) is 12.5 Å². The Hall–Kier alpha value is -1.44. The lowest BCUT2D eigenvalue weighted by atomic mass is 10.1. The second kappa shape index (κ2) is 7.63. The molecule has 1 aromatic carbocycles. The molecule has 6 nitrogen and oxygen atoms in total. The minimum absolute atomic E-state index is 0.105. The van der Waals surface area contributed by atoms with Crippen molar-refractivity contribution in [3.05, 3.63) is 29.8 Å². The van der Waals surface area contributed by atoms with Crippen molar-refractivity contribution in [3.63, 3.8) is 0 Å². The summed E-state index contributed by atoms with van der Waals surface area (Å²) in [5.41, 5.74) is 0.402. The van der Waals surface area contributed by atoms with E-state index in [9.17, 15) is 13.2 Å². The smallest absolute Gasteiger partial charge is 0.251 e. The largest absolute Gasteiger partial charge is 0.348 e. The molecular weight excluding hydrogens is 326 g/mol. The Kier molecular flexibility index (Phi) is 5.53. The molecule has 1 atom stereocenters. The number of rotatable bonds is 4. The second-order valence-corrected chi connectivity index (χ2v) is 8.45. The molecule has 24 heavy (non-hydrogen) atoms. The zero-order valence-electron chi connectivity index (χ0n) is 13.8. The predicted molar refractivity (Wildman–Crippen MR) is 92.4 cm³/mol. The molecule has 1 amide bonds. The van der Waals surface area contributed by atoms with Crippen LogP contribution >= 0.6 is 0 Å². The first kappa shape index (κ1) is 17.4. The van der Waals surface area contributed by atoms with Crippen LogP contribution in [0, 0.1) is 0 Å². The molecule has 2 heterocycles. The van der Waals surface area contributed by atoms with Gasteiger partial charge in [0, 0.05) is 31.2 Å². The van der Waals surface area contributed by atoms with Crippen LogP contribution < -0.4 is 10.6 Å². The van der Waals surface area contributed by atoms with Crippen molar-refractivity contribution in [3.8, 4) is 0 Å². The molecule has 7 heteroatoms. The maximum Gasteiger partial charge on any atom is 0.251 e. The highest BCUT2D eigenvalue weighted by atomic mass is 32.2. The molecule has 2 saturated heterocycles. The maximum atomic E-state index is 12.7. The Balaban J connectivity index is 1.74. The average molecular weight is 351 g/mol. The van der Waals surface area contributed by atoms with Gasteiger partial charge in [-0.05, 0) is 50.4 Å². The third kappa shape index (κ3) is 3.96. The van der Waals surface area contributed by atoms with E-state index in [1.807, 2.05) is 0 Å². The Labute approximate surface area is 143 Å². The Morgan fingerprint density at radius 1 is 1.17 bits per heavy atom. The summed E-state index contributed by atoms with van der Waals surface area (Å²) in [4.78, 5) is 12.6. The first-order valence-electron chi connectivity index (χ1n) is 8.69. The maximum absolute atomic E-state index is 12.7. The van der Waals surface area contributed by atoms with Crippen LogP contribution in [0.15, 0.2) is 29.2 Å². The summed E-state index contributed by atoms with van der Waals surface area (Å²) in [5, 5.41) is 6.24. The fourth-order valence-electron chi connectivity index (χ4n) is 3.30. The summed E-state index contributed by atoms with van der Waals surface area (Å²) >= 11 is 0. The van der Waals surface area contributed by atoms with Crippen LogP contribution in [0.3, 0.4) is 0 Å². The van der Waals surface area contributed by atoms with E-state index in [0.29, 0.717) is 18.7 Å². The zero-order chi connectivity index (χ0) is 17.0. The van der Waals surface area contributed by atoms with Crippen molar-refractivity contribution in [2.45, 2.75) is 43.0 Å². The highest BCUT2D eigenvalue weighted by Crippen LogP contribution is 2.21. The fraction of sp³-hybridized carbons (Fsp3) is 0.588. The molecule has 132 valence electrons. The van der Waals surface area contributed by atoms with Crippen molar-refractivity contribution in [2.75, 3.05) is 26.2 Å². The van der Waals surface area contributed by atoms with Crippen LogP contribution in [0.25, 0.3) is 0 Å². The number of carbonyl (C=O) groups is 1. The number of hydrogen-bond donors (Lipinski definition) is 2. The van der Waals surface area contributed by atoms with E-state index in [1.165, 1.54) is 10.4 Å². The van der Waals surface area contributed by atoms with Gasteiger partial charge >= 0.3 is 0 Å². The summed E-state index contributed by atoms with van der Waals surface area (Å²) in [6.45, 7) is 2.87. The van der Waals surface area contributed by atoms with E-state index >= 15 is 0 Å². The van der Waals surface area contributed by atoms with Crippen molar-refractivity contribution in [1.82, 2.24) is 14.9 Å². The molecule has 0 spiro atoms. The van der Waals surface area contributed by atoms with Gasteiger partial charge in [-0.15, -0.1) is 0 Å². The highest BCUT2D eigenvalue weighted by molar-refractivity contribution is 7.89.